The van der Waals surface area contributed by atoms with Gasteiger partial charge in [-0.15, -0.1) is 11.3 Å². The molecule has 3 rings (SSSR count). The van der Waals surface area contributed by atoms with Crippen LogP contribution in [0.15, 0.2) is 48.7 Å². The van der Waals surface area contributed by atoms with Crippen molar-refractivity contribution in [3.63, 3.8) is 0 Å². The van der Waals surface area contributed by atoms with Crippen molar-refractivity contribution in [3.05, 3.63) is 59.4 Å². The third-order valence-corrected chi connectivity index (χ3v) is 4.70. The molecule has 0 saturated heterocycles. The second-order valence-electron chi connectivity index (χ2n) is 5.12. The molecule has 0 bridgehead atoms. The monoisotopic (exact) mass is 297 g/mol. The Bertz CT molecular complexity index is 660. The van der Waals surface area contributed by atoms with Crippen LogP contribution in [0.3, 0.4) is 0 Å². The molecule has 0 aliphatic heterocycles. The van der Waals surface area contributed by atoms with E-state index in [9.17, 15) is 0 Å². The van der Waals surface area contributed by atoms with Gasteiger partial charge in [-0.05, 0) is 44.2 Å². The summed E-state index contributed by atoms with van der Waals surface area (Å²) in [6, 6.07) is 14.9. The third kappa shape index (κ3) is 3.65. The second kappa shape index (κ2) is 6.78. The number of nitrogens with one attached hydrogen (secondary N) is 1. The molecule has 3 aromatic rings. The molecule has 0 radical (unpaired) electrons. The van der Waals surface area contributed by atoms with Crippen LogP contribution in [-0.4, -0.2) is 23.1 Å². The molecule has 0 amide bonds. The number of hydrogen-bond acceptors (Lipinski definition) is 4. The van der Waals surface area contributed by atoms with Crippen molar-refractivity contribution in [1.29, 1.82) is 0 Å². The van der Waals surface area contributed by atoms with Crippen LogP contribution >= 0.6 is 11.3 Å². The van der Waals surface area contributed by atoms with Crippen LogP contribution in [0, 0.1) is 0 Å². The van der Waals surface area contributed by atoms with Crippen LogP contribution in [0.25, 0.3) is 10.2 Å². The molecule has 0 spiro atoms. The molecule has 21 heavy (non-hydrogen) atoms. The Morgan fingerprint density at radius 1 is 1.14 bits per heavy atom. The van der Waals surface area contributed by atoms with Crippen molar-refractivity contribution >= 4 is 21.6 Å². The third-order valence-electron chi connectivity index (χ3n) is 3.64. The van der Waals surface area contributed by atoms with Gasteiger partial charge < -0.3 is 5.32 Å². The van der Waals surface area contributed by atoms with Gasteiger partial charge in [0.15, 0.2) is 0 Å². The van der Waals surface area contributed by atoms with E-state index in [1.807, 2.05) is 31.4 Å². The predicted molar refractivity (Wildman–Crippen MR) is 88.7 cm³/mol. The van der Waals surface area contributed by atoms with Gasteiger partial charge in [-0.3, -0.25) is 4.98 Å². The maximum atomic E-state index is 4.72. The summed E-state index contributed by atoms with van der Waals surface area (Å²) in [6.45, 7) is 0. The fourth-order valence-corrected chi connectivity index (χ4v) is 3.48. The molecule has 3 nitrogen and oxygen atoms in total. The second-order valence-corrected chi connectivity index (χ2v) is 6.24. The lowest BCUT2D eigenvalue weighted by Crippen LogP contribution is -2.28. The van der Waals surface area contributed by atoms with Gasteiger partial charge in [0.2, 0.25) is 0 Å². The molecular weight excluding hydrogens is 278 g/mol. The minimum Gasteiger partial charge on any atom is -0.317 e. The number of pyridine rings is 1. The standard InChI is InChI=1S/C17H19N3S/c1-18-14(10-9-13-6-4-5-11-19-13)12-17-20-15-7-2-3-8-16(15)21-17/h2-8,11,14,18H,9-10,12H2,1H3. The SMILES string of the molecule is CNC(CCc1ccccn1)Cc1nc2ccccc2s1. The van der Waals surface area contributed by atoms with Gasteiger partial charge in [-0.1, -0.05) is 18.2 Å². The summed E-state index contributed by atoms with van der Waals surface area (Å²) in [5.41, 5.74) is 2.26. The largest absolute Gasteiger partial charge is 0.317 e. The number of aryl methyl sites for hydroxylation is 1. The van der Waals surface area contributed by atoms with Crippen molar-refractivity contribution in [2.75, 3.05) is 7.05 Å². The summed E-state index contributed by atoms with van der Waals surface area (Å²) in [5.74, 6) is 0. The quantitative estimate of drug-likeness (QED) is 0.757. The van der Waals surface area contributed by atoms with Crippen LogP contribution < -0.4 is 5.32 Å². The van der Waals surface area contributed by atoms with Crippen molar-refractivity contribution in [3.8, 4) is 0 Å². The number of nitrogens with zero attached hydrogens (tertiary/aromatic N) is 2. The molecular formula is C17H19N3S. The molecule has 1 unspecified atom stereocenters. The summed E-state index contributed by atoms with van der Waals surface area (Å²) < 4.78 is 1.27. The van der Waals surface area contributed by atoms with Crippen LogP contribution in [0.4, 0.5) is 0 Å². The molecule has 1 N–H and O–H groups in total. The van der Waals surface area contributed by atoms with Crippen molar-refractivity contribution < 1.29 is 0 Å². The van der Waals surface area contributed by atoms with E-state index in [0.29, 0.717) is 6.04 Å². The van der Waals surface area contributed by atoms with Crippen LogP contribution in [-0.2, 0) is 12.8 Å². The van der Waals surface area contributed by atoms with E-state index in [1.54, 1.807) is 11.3 Å². The van der Waals surface area contributed by atoms with Gasteiger partial charge in [-0.2, -0.15) is 0 Å². The Morgan fingerprint density at radius 3 is 2.76 bits per heavy atom. The topological polar surface area (TPSA) is 37.8 Å². The number of para-hydroxylation sites is 1. The fourth-order valence-electron chi connectivity index (χ4n) is 2.43. The minimum absolute atomic E-state index is 0.438. The van der Waals surface area contributed by atoms with Crippen molar-refractivity contribution in [2.24, 2.45) is 0 Å². The van der Waals surface area contributed by atoms with E-state index >= 15 is 0 Å². The Labute approximate surface area is 129 Å². The van der Waals surface area contributed by atoms with Gasteiger partial charge >= 0.3 is 0 Å². The lowest BCUT2D eigenvalue weighted by molar-refractivity contribution is 0.517. The van der Waals surface area contributed by atoms with Crippen LogP contribution in [0.1, 0.15) is 17.1 Å². The normalized spacial score (nSPS) is 12.6. The lowest BCUT2D eigenvalue weighted by Gasteiger charge is -2.14. The zero-order valence-electron chi connectivity index (χ0n) is 12.1. The average molecular weight is 297 g/mol. The molecule has 0 fully saturated rings. The molecule has 1 aromatic carbocycles. The number of benzene rings is 1. The fraction of sp³-hybridized carbons (Fsp3) is 0.294. The van der Waals surface area contributed by atoms with E-state index < -0.39 is 0 Å². The van der Waals surface area contributed by atoms with Gasteiger partial charge in [0.1, 0.15) is 0 Å². The van der Waals surface area contributed by atoms with Crippen molar-refractivity contribution in [2.45, 2.75) is 25.3 Å². The summed E-state index contributed by atoms with van der Waals surface area (Å²) in [7, 11) is 2.02. The first-order chi connectivity index (χ1) is 10.3. The van der Waals surface area contributed by atoms with Gasteiger partial charge in [0, 0.05) is 24.4 Å². The first-order valence-corrected chi connectivity index (χ1v) is 8.08. The van der Waals surface area contributed by atoms with E-state index in [-0.39, 0.29) is 0 Å². The maximum Gasteiger partial charge on any atom is 0.0954 e. The average Bonchev–Trinajstić information content (AvgIpc) is 2.94. The first-order valence-electron chi connectivity index (χ1n) is 7.27. The Balaban J connectivity index is 1.63. The molecule has 2 heterocycles. The number of fused-ring (bicyclic) bond motifs is 1. The van der Waals surface area contributed by atoms with Crippen LogP contribution in [0.5, 0.6) is 0 Å². The maximum absolute atomic E-state index is 4.72. The number of likely N-dealkylation sites (N-methyl/N-ethyl adjacent to an activating group) is 1. The van der Waals surface area contributed by atoms with Crippen molar-refractivity contribution in [1.82, 2.24) is 15.3 Å². The number of hydrogen-bond donors (Lipinski definition) is 1. The first kappa shape index (κ1) is 14.2. The molecule has 0 saturated carbocycles. The van der Waals surface area contributed by atoms with E-state index in [4.69, 9.17) is 4.98 Å². The molecule has 108 valence electrons. The van der Waals surface area contributed by atoms with E-state index in [2.05, 4.69) is 34.6 Å². The highest BCUT2D eigenvalue weighted by Crippen LogP contribution is 2.23. The molecule has 0 aliphatic rings. The highest BCUT2D eigenvalue weighted by molar-refractivity contribution is 7.18. The smallest absolute Gasteiger partial charge is 0.0954 e. The Hall–Kier alpha value is -1.78. The number of thiazole rings is 1. The van der Waals surface area contributed by atoms with E-state index in [1.165, 1.54) is 9.71 Å². The van der Waals surface area contributed by atoms with Gasteiger partial charge in [0.05, 0.1) is 15.2 Å². The zero-order valence-corrected chi connectivity index (χ0v) is 12.9. The molecule has 1 atom stereocenters. The van der Waals surface area contributed by atoms with E-state index in [0.717, 1.165) is 30.5 Å². The van der Waals surface area contributed by atoms with Gasteiger partial charge in [0.25, 0.3) is 0 Å². The van der Waals surface area contributed by atoms with Gasteiger partial charge in [-0.25, -0.2) is 4.98 Å². The molecule has 0 aliphatic carbocycles. The summed E-state index contributed by atoms with van der Waals surface area (Å²) in [6.07, 6.45) is 4.90. The highest BCUT2D eigenvalue weighted by Gasteiger charge is 2.11. The Morgan fingerprint density at radius 2 is 2.00 bits per heavy atom. The zero-order chi connectivity index (χ0) is 14.5. The lowest BCUT2D eigenvalue weighted by atomic mass is 10.1. The summed E-state index contributed by atoms with van der Waals surface area (Å²) in [5, 5.41) is 4.61. The molecule has 4 heteroatoms. The highest BCUT2D eigenvalue weighted by atomic mass is 32.1. The molecule has 2 aromatic heterocycles. The summed E-state index contributed by atoms with van der Waals surface area (Å²) in [4.78, 5) is 9.10. The number of aromatic nitrogens is 2. The number of rotatable bonds is 6. The summed E-state index contributed by atoms with van der Waals surface area (Å²) >= 11 is 1.80. The van der Waals surface area contributed by atoms with Crippen LogP contribution in [0.2, 0.25) is 0 Å². The minimum atomic E-state index is 0.438. The predicted octanol–water partition coefficient (Wildman–Crippen LogP) is 3.45. The Kier molecular flexibility index (Phi) is 4.58.